The van der Waals surface area contributed by atoms with Crippen LogP contribution in [-0.2, 0) is 19.4 Å². The number of nitriles is 1. The summed E-state index contributed by atoms with van der Waals surface area (Å²) >= 11 is 1.56. The average molecular weight is 289 g/mol. The summed E-state index contributed by atoms with van der Waals surface area (Å²) in [5.74, 6) is 1.39. The molecule has 0 aliphatic heterocycles. The zero-order valence-corrected chi connectivity index (χ0v) is 12.1. The highest BCUT2D eigenvalue weighted by Crippen LogP contribution is 2.28. The number of ether oxygens (including phenoxy) is 1. The summed E-state index contributed by atoms with van der Waals surface area (Å²) in [5.41, 5.74) is 2.36. The number of rotatable bonds is 5. The molecule has 0 unspecified atom stereocenters. The molecule has 0 amide bonds. The summed E-state index contributed by atoms with van der Waals surface area (Å²) in [6.07, 6.45) is 1.67. The van der Waals surface area contributed by atoms with Gasteiger partial charge in [0, 0.05) is 18.4 Å². The average Bonchev–Trinajstić information content (AvgIpc) is 2.85. The number of thioether (sulfide) groups is 1. The Labute approximate surface area is 121 Å². The van der Waals surface area contributed by atoms with Gasteiger partial charge in [-0.15, -0.1) is 0 Å². The Kier molecular flexibility index (Phi) is 4.66. The van der Waals surface area contributed by atoms with E-state index in [0.717, 1.165) is 16.4 Å². The molecule has 20 heavy (non-hydrogen) atoms. The van der Waals surface area contributed by atoms with Crippen LogP contribution in [0.2, 0.25) is 0 Å². The van der Waals surface area contributed by atoms with Crippen molar-refractivity contribution in [3.8, 4) is 11.8 Å². The van der Waals surface area contributed by atoms with Crippen molar-refractivity contribution in [3.63, 3.8) is 0 Å². The lowest BCUT2D eigenvalue weighted by Gasteiger charge is -2.09. The van der Waals surface area contributed by atoms with Crippen LogP contribution in [0.3, 0.4) is 0 Å². The van der Waals surface area contributed by atoms with Crippen molar-refractivity contribution in [2.45, 2.75) is 17.5 Å². The zero-order chi connectivity index (χ0) is 14.5. The number of methoxy groups -OCH3 is 1. The Balaban J connectivity index is 2.14. The third-order valence-electron chi connectivity index (χ3n) is 2.98. The summed E-state index contributed by atoms with van der Waals surface area (Å²) < 4.78 is 7.16. The van der Waals surface area contributed by atoms with E-state index in [-0.39, 0.29) is 6.61 Å². The van der Waals surface area contributed by atoms with Crippen LogP contribution in [0.1, 0.15) is 16.8 Å². The fourth-order valence-electron chi connectivity index (χ4n) is 1.78. The minimum absolute atomic E-state index is 0.0236. The minimum atomic E-state index is -0.0236. The first-order valence-corrected chi connectivity index (χ1v) is 6.99. The molecular weight excluding hydrogens is 274 g/mol. The molecule has 1 aromatic heterocycles. The Morgan fingerprint density at radius 3 is 2.90 bits per heavy atom. The van der Waals surface area contributed by atoms with Crippen LogP contribution in [0, 0.1) is 11.3 Å². The molecule has 6 heteroatoms. The zero-order valence-electron chi connectivity index (χ0n) is 11.3. The maximum Gasteiger partial charge on any atom is 0.168 e. The van der Waals surface area contributed by atoms with Crippen molar-refractivity contribution < 1.29 is 9.84 Å². The first-order chi connectivity index (χ1) is 9.69. The van der Waals surface area contributed by atoms with E-state index in [4.69, 9.17) is 15.1 Å². The summed E-state index contributed by atoms with van der Waals surface area (Å²) in [5, 5.41) is 18.8. The largest absolute Gasteiger partial charge is 0.496 e. The first kappa shape index (κ1) is 14.4. The standard InChI is InChI=1S/C14H15N3O2S/c1-17-12(8-18)7-16-14(17)20-9-11-4-3-10(6-15)5-13(11)19-2/h3-5,7,18H,8-9H2,1-2H3. The highest BCUT2D eigenvalue weighted by Gasteiger charge is 2.09. The number of benzene rings is 1. The Bertz CT molecular complexity index is 646. The Morgan fingerprint density at radius 1 is 1.50 bits per heavy atom. The van der Waals surface area contributed by atoms with Crippen LogP contribution in [-0.4, -0.2) is 21.8 Å². The van der Waals surface area contributed by atoms with Gasteiger partial charge in [0.05, 0.1) is 37.2 Å². The highest BCUT2D eigenvalue weighted by molar-refractivity contribution is 7.98. The van der Waals surface area contributed by atoms with E-state index < -0.39 is 0 Å². The van der Waals surface area contributed by atoms with Crippen molar-refractivity contribution >= 4 is 11.8 Å². The molecule has 0 spiro atoms. The molecule has 0 saturated heterocycles. The van der Waals surface area contributed by atoms with Crippen molar-refractivity contribution in [2.24, 2.45) is 7.05 Å². The van der Waals surface area contributed by atoms with Gasteiger partial charge in [0.15, 0.2) is 5.16 Å². The van der Waals surface area contributed by atoms with Gasteiger partial charge in [-0.05, 0) is 12.1 Å². The molecule has 2 rings (SSSR count). The van der Waals surface area contributed by atoms with Crippen molar-refractivity contribution in [3.05, 3.63) is 41.2 Å². The van der Waals surface area contributed by atoms with Gasteiger partial charge in [0.1, 0.15) is 5.75 Å². The van der Waals surface area contributed by atoms with Crippen LogP contribution in [0.4, 0.5) is 0 Å². The molecular formula is C14H15N3O2S. The predicted octanol–water partition coefficient (Wildman–Crippen LogP) is 2.08. The number of hydrogen-bond donors (Lipinski definition) is 1. The van der Waals surface area contributed by atoms with E-state index in [2.05, 4.69) is 11.1 Å². The number of hydrogen-bond acceptors (Lipinski definition) is 5. The van der Waals surface area contributed by atoms with E-state index in [0.29, 0.717) is 17.1 Å². The summed E-state index contributed by atoms with van der Waals surface area (Å²) in [6.45, 7) is -0.0236. The van der Waals surface area contributed by atoms with E-state index in [1.165, 1.54) is 0 Å². The maximum absolute atomic E-state index is 9.14. The molecule has 0 aliphatic rings. The number of aliphatic hydroxyl groups is 1. The van der Waals surface area contributed by atoms with E-state index >= 15 is 0 Å². The van der Waals surface area contributed by atoms with Gasteiger partial charge in [-0.3, -0.25) is 0 Å². The van der Waals surface area contributed by atoms with E-state index in [1.807, 2.05) is 17.7 Å². The summed E-state index contributed by atoms with van der Waals surface area (Å²) in [7, 11) is 3.46. The normalized spacial score (nSPS) is 10.3. The molecule has 0 aliphatic carbocycles. The lowest BCUT2D eigenvalue weighted by Crippen LogP contribution is -1.98. The molecule has 0 atom stereocenters. The number of imidazole rings is 1. The molecule has 0 saturated carbocycles. The van der Waals surface area contributed by atoms with Crippen molar-refractivity contribution in [1.82, 2.24) is 9.55 Å². The van der Waals surface area contributed by atoms with Crippen molar-refractivity contribution in [2.75, 3.05) is 7.11 Å². The molecule has 5 nitrogen and oxygen atoms in total. The monoisotopic (exact) mass is 289 g/mol. The van der Waals surface area contributed by atoms with Gasteiger partial charge >= 0.3 is 0 Å². The SMILES string of the molecule is COc1cc(C#N)ccc1CSc1ncc(CO)n1C. The molecule has 2 aromatic rings. The fourth-order valence-corrected chi connectivity index (χ4v) is 2.74. The van der Waals surface area contributed by atoms with Crippen LogP contribution >= 0.6 is 11.8 Å². The molecule has 0 bridgehead atoms. The number of aromatic nitrogens is 2. The molecule has 1 N–H and O–H groups in total. The second kappa shape index (κ2) is 6.46. The summed E-state index contributed by atoms with van der Waals surface area (Å²) in [4.78, 5) is 4.26. The summed E-state index contributed by atoms with van der Waals surface area (Å²) in [6, 6.07) is 7.48. The Hall–Kier alpha value is -1.97. The lowest BCUT2D eigenvalue weighted by atomic mass is 10.1. The van der Waals surface area contributed by atoms with Gasteiger partial charge in [0.25, 0.3) is 0 Å². The predicted molar refractivity (Wildman–Crippen MR) is 76.4 cm³/mol. The smallest absolute Gasteiger partial charge is 0.168 e. The van der Waals surface area contributed by atoms with E-state index in [1.54, 1.807) is 37.2 Å². The number of aliphatic hydroxyl groups excluding tert-OH is 1. The third-order valence-corrected chi connectivity index (χ3v) is 4.07. The molecule has 0 fully saturated rings. The van der Waals surface area contributed by atoms with Crippen LogP contribution < -0.4 is 4.74 Å². The van der Waals surface area contributed by atoms with Crippen LogP contribution in [0.25, 0.3) is 0 Å². The van der Waals surface area contributed by atoms with Gasteiger partial charge in [0.2, 0.25) is 0 Å². The van der Waals surface area contributed by atoms with Crippen LogP contribution in [0.15, 0.2) is 29.6 Å². The topological polar surface area (TPSA) is 71.1 Å². The third kappa shape index (κ3) is 2.95. The van der Waals surface area contributed by atoms with Gasteiger partial charge in [-0.1, -0.05) is 17.8 Å². The van der Waals surface area contributed by atoms with Gasteiger partial charge in [-0.2, -0.15) is 5.26 Å². The highest BCUT2D eigenvalue weighted by atomic mass is 32.2. The maximum atomic E-state index is 9.14. The number of nitrogens with zero attached hydrogens (tertiary/aromatic N) is 3. The second-order valence-corrected chi connectivity index (χ2v) is 5.12. The molecule has 1 aromatic carbocycles. The van der Waals surface area contributed by atoms with Crippen molar-refractivity contribution in [1.29, 1.82) is 5.26 Å². The van der Waals surface area contributed by atoms with E-state index in [9.17, 15) is 0 Å². The van der Waals surface area contributed by atoms with Gasteiger partial charge < -0.3 is 14.4 Å². The minimum Gasteiger partial charge on any atom is -0.496 e. The fraction of sp³-hybridized carbons (Fsp3) is 0.286. The quantitative estimate of drug-likeness (QED) is 0.853. The second-order valence-electron chi connectivity index (χ2n) is 4.18. The van der Waals surface area contributed by atoms with Gasteiger partial charge in [-0.25, -0.2) is 4.98 Å². The Morgan fingerprint density at radius 2 is 2.30 bits per heavy atom. The molecule has 1 heterocycles. The lowest BCUT2D eigenvalue weighted by molar-refractivity contribution is 0.271. The first-order valence-electron chi connectivity index (χ1n) is 6.01. The molecule has 104 valence electrons. The molecule has 0 radical (unpaired) electrons. The van der Waals surface area contributed by atoms with Crippen LogP contribution in [0.5, 0.6) is 5.75 Å².